The molecule has 0 radical (unpaired) electrons. The fourth-order valence-electron chi connectivity index (χ4n) is 2.81. The van der Waals surface area contributed by atoms with Gasteiger partial charge in [-0.1, -0.05) is 12.1 Å². The van der Waals surface area contributed by atoms with Crippen LogP contribution in [0.3, 0.4) is 0 Å². The van der Waals surface area contributed by atoms with E-state index in [4.69, 9.17) is 4.74 Å². The average molecular weight is 262 g/mol. The summed E-state index contributed by atoms with van der Waals surface area (Å²) in [7, 11) is 2.04. The summed E-state index contributed by atoms with van der Waals surface area (Å²) in [5.41, 5.74) is 5.53. The third-order valence-corrected chi connectivity index (χ3v) is 4.12. The van der Waals surface area contributed by atoms with Gasteiger partial charge in [0.1, 0.15) is 0 Å². The SMILES string of the molecule is CNC(CC1COCCN1)c1cc(C)c(C)cc1C. The van der Waals surface area contributed by atoms with Crippen molar-refractivity contribution in [1.29, 1.82) is 0 Å². The molecular formula is C16H26N2O. The van der Waals surface area contributed by atoms with Gasteiger partial charge in [-0.05, 0) is 56.5 Å². The Labute approximate surface area is 116 Å². The molecule has 0 amide bonds. The first kappa shape index (κ1) is 14.5. The van der Waals surface area contributed by atoms with Gasteiger partial charge in [-0.15, -0.1) is 0 Å². The van der Waals surface area contributed by atoms with Gasteiger partial charge in [0, 0.05) is 18.6 Å². The highest BCUT2D eigenvalue weighted by Gasteiger charge is 2.20. The Morgan fingerprint density at radius 3 is 2.63 bits per heavy atom. The van der Waals surface area contributed by atoms with E-state index in [2.05, 4.69) is 43.5 Å². The molecule has 1 aliphatic heterocycles. The summed E-state index contributed by atoms with van der Waals surface area (Å²) in [4.78, 5) is 0. The molecule has 1 aromatic rings. The van der Waals surface area contributed by atoms with E-state index in [0.717, 1.165) is 26.2 Å². The molecule has 0 bridgehead atoms. The van der Waals surface area contributed by atoms with E-state index < -0.39 is 0 Å². The highest BCUT2D eigenvalue weighted by atomic mass is 16.5. The lowest BCUT2D eigenvalue weighted by molar-refractivity contribution is 0.0708. The minimum atomic E-state index is 0.387. The van der Waals surface area contributed by atoms with Crippen molar-refractivity contribution >= 4 is 0 Å². The summed E-state index contributed by atoms with van der Waals surface area (Å²) in [5, 5.41) is 6.99. The second kappa shape index (κ2) is 6.51. The summed E-state index contributed by atoms with van der Waals surface area (Å²) < 4.78 is 5.55. The molecule has 2 atom stereocenters. The van der Waals surface area contributed by atoms with Crippen LogP contribution in [0.4, 0.5) is 0 Å². The van der Waals surface area contributed by atoms with Crippen LogP contribution < -0.4 is 10.6 Å². The van der Waals surface area contributed by atoms with Gasteiger partial charge < -0.3 is 15.4 Å². The quantitative estimate of drug-likeness (QED) is 0.873. The van der Waals surface area contributed by atoms with Gasteiger partial charge in [0.15, 0.2) is 0 Å². The molecule has 3 heteroatoms. The van der Waals surface area contributed by atoms with E-state index >= 15 is 0 Å². The van der Waals surface area contributed by atoms with Gasteiger partial charge in [-0.2, -0.15) is 0 Å². The highest BCUT2D eigenvalue weighted by Crippen LogP contribution is 2.25. The van der Waals surface area contributed by atoms with E-state index in [9.17, 15) is 0 Å². The normalized spacial score (nSPS) is 21.4. The van der Waals surface area contributed by atoms with Crippen LogP contribution >= 0.6 is 0 Å². The molecule has 3 nitrogen and oxygen atoms in total. The van der Waals surface area contributed by atoms with Crippen LogP contribution in [0.1, 0.15) is 34.7 Å². The van der Waals surface area contributed by atoms with E-state index in [1.807, 2.05) is 7.05 Å². The molecule has 0 aliphatic carbocycles. The predicted octanol–water partition coefficient (Wildman–Crippen LogP) is 2.25. The lowest BCUT2D eigenvalue weighted by atomic mass is 9.92. The van der Waals surface area contributed by atoms with Crippen LogP contribution in [0.25, 0.3) is 0 Å². The van der Waals surface area contributed by atoms with E-state index in [1.165, 1.54) is 22.3 Å². The Kier molecular flexibility index (Phi) is 4.97. The van der Waals surface area contributed by atoms with Gasteiger partial charge >= 0.3 is 0 Å². The van der Waals surface area contributed by atoms with E-state index in [0.29, 0.717) is 12.1 Å². The van der Waals surface area contributed by atoms with Crippen LogP contribution in [0.2, 0.25) is 0 Å². The first-order valence-electron chi connectivity index (χ1n) is 7.18. The third-order valence-electron chi connectivity index (χ3n) is 4.12. The standard InChI is InChI=1S/C16H26N2O/c1-11-7-13(3)15(8-12(11)2)16(17-4)9-14-10-19-6-5-18-14/h7-8,14,16-18H,5-6,9-10H2,1-4H3. The van der Waals surface area contributed by atoms with Gasteiger partial charge in [-0.25, -0.2) is 0 Å². The number of benzene rings is 1. The summed E-state index contributed by atoms with van der Waals surface area (Å²) in [5.74, 6) is 0. The monoisotopic (exact) mass is 262 g/mol. The van der Waals surface area contributed by atoms with Crippen LogP contribution in [0.15, 0.2) is 12.1 Å². The molecular weight excluding hydrogens is 236 g/mol. The maximum atomic E-state index is 5.55. The van der Waals surface area contributed by atoms with Gasteiger partial charge in [-0.3, -0.25) is 0 Å². The van der Waals surface area contributed by atoms with Gasteiger partial charge in [0.05, 0.1) is 13.2 Å². The minimum absolute atomic E-state index is 0.387. The van der Waals surface area contributed by atoms with Gasteiger partial charge in [0.25, 0.3) is 0 Å². The van der Waals surface area contributed by atoms with E-state index in [-0.39, 0.29) is 0 Å². The zero-order chi connectivity index (χ0) is 13.8. The maximum Gasteiger partial charge on any atom is 0.0620 e. The molecule has 106 valence electrons. The van der Waals surface area contributed by atoms with E-state index in [1.54, 1.807) is 0 Å². The number of aryl methyl sites for hydroxylation is 3. The molecule has 1 fully saturated rings. The molecule has 1 aliphatic rings. The minimum Gasteiger partial charge on any atom is -0.379 e. The van der Waals surface area contributed by atoms with Crippen molar-refractivity contribution in [2.75, 3.05) is 26.8 Å². The van der Waals surface area contributed by atoms with Crippen LogP contribution in [-0.4, -0.2) is 32.8 Å². The average Bonchev–Trinajstić information content (AvgIpc) is 2.42. The molecule has 1 aromatic carbocycles. The molecule has 0 saturated carbocycles. The number of hydrogen-bond donors (Lipinski definition) is 2. The Balaban J connectivity index is 2.14. The van der Waals surface area contributed by atoms with Crippen molar-refractivity contribution in [3.05, 3.63) is 34.4 Å². The zero-order valence-electron chi connectivity index (χ0n) is 12.5. The van der Waals surface area contributed by atoms with Crippen LogP contribution in [-0.2, 0) is 4.74 Å². The Hall–Kier alpha value is -0.900. The second-order valence-electron chi connectivity index (χ2n) is 5.60. The Bertz CT molecular complexity index is 425. The molecule has 0 aromatic heterocycles. The number of hydrogen-bond acceptors (Lipinski definition) is 3. The number of morpholine rings is 1. The lowest BCUT2D eigenvalue weighted by Gasteiger charge is -2.29. The van der Waals surface area contributed by atoms with Crippen LogP contribution in [0.5, 0.6) is 0 Å². The molecule has 1 saturated heterocycles. The smallest absolute Gasteiger partial charge is 0.0620 e. The van der Waals surface area contributed by atoms with Crippen LogP contribution in [0, 0.1) is 20.8 Å². The summed E-state index contributed by atoms with van der Waals surface area (Å²) in [6.07, 6.45) is 1.07. The zero-order valence-corrected chi connectivity index (χ0v) is 12.5. The molecule has 2 N–H and O–H groups in total. The first-order valence-corrected chi connectivity index (χ1v) is 7.18. The summed E-state index contributed by atoms with van der Waals surface area (Å²) >= 11 is 0. The Morgan fingerprint density at radius 2 is 2.00 bits per heavy atom. The van der Waals surface area contributed by atoms with Crippen molar-refractivity contribution < 1.29 is 4.74 Å². The fraction of sp³-hybridized carbons (Fsp3) is 0.625. The molecule has 1 heterocycles. The second-order valence-corrected chi connectivity index (χ2v) is 5.60. The number of ether oxygens (including phenoxy) is 1. The lowest BCUT2D eigenvalue weighted by Crippen LogP contribution is -2.43. The number of nitrogens with one attached hydrogen (secondary N) is 2. The molecule has 19 heavy (non-hydrogen) atoms. The number of rotatable bonds is 4. The third kappa shape index (κ3) is 3.56. The van der Waals surface area contributed by atoms with Crippen molar-refractivity contribution in [3.8, 4) is 0 Å². The first-order chi connectivity index (χ1) is 9.11. The molecule has 2 unspecified atom stereocenters. The Morgan fingerprint density at radius 1 is 1.26 bits per heavy atom. The molecule has 2 rings (SSSR count). The van der Waals surface area contributed by atoms with Gasteiger partial charge in [0.2, 0.25) is 0 Å². The molecule has 0 spiro atoms. The highest BCUT2D eigenvalue weighted by molar-refractivity contribution is 5.38. The predicted molar refractivity (Wildman–Crippen MR) is 79.7 cm³/mol. The topological polar surface area (TPSA) is 33.3 Å². The fourth-order valence-corrected chi connectivity index (χ4v) is 2.81. The van der Waals surface area contributed by atoms with Crippen molar-refractivity contribution in [1.82, 2.24) is 10.6 Å². The maximum absolute atomic E-state index is 5.55. The van der Waals surface area contributed by atoms with Crippen molar-refractivity contribution in [2.24, 2.45) is 0 Å². The van der Waals surface area contributed by atoms with Crippen molar-refractivity contribution in [3.63, 3.8) is 0 Å². The van der Waals surface area contributed by atoms with Crippen molar-refractivity contribution in [2.45, 2.75) is 39.3 Å². The summed E-state index contributed by atoms with van der Waals surface area (Å²) in [6.45, 7) is 9.19. The largest absolute Gasteiger partial charge is 0.379 e. The summed E-state index contributed by atoms with van der Waals surface area (Å²) in [6, 6.07) is 5.46.